The Balaban J connectivity index is 1.39. The van der Waals surface area contributed by atoms with Gasteiger partial charge in [-0.1, -0.05) is 35.4 Å². The highest BCUT2D eigenvalue weighted by Crippen LogP contribution is 2.31. The molecule has 1 aromatic heterocycles. The molecule has 1 amide bonds. The SMILES string of the molecule is Cc1ccc(Cc2nnc(NC(=O)C3COc4ccccc4O3)o2)cc1C. The largest absolute Gasteiger partial charge is 0.485 e. The van der Waals surface area contributed by atoms with Crippen molar-refractivity contribution >= 4 is 11.9 Å². The molecule has 0 spiro atoms. The maximum atomic E-state index is 12.4. The first-order valence-corrected chi connectivity index (χ1v) is 8.66. The first-order valence-electron chi connectivity index (χ1n) is 8.66. The van der Waals surface area contributed by atoms with E-state index in [1.165, 1.54) is 11.1 Å². The van der Waals surface area contributed by atoms with Gasteiger partial charge < -0.3 is 13.9 Å². The number of ether oxygens (including phenoxy) is 2. The van der Waals surface area contributed by atoms with Crippen molar-refractivity contribution in [3.8, 4) is 11.5 Å². The van der Waals surface area contributed by atoms with Gasteiger partial charge in [0.2, 0.25) is 12.0 Å². The Bertz CT molecular complexity index is 983. The average Bonchev–Trinajstić information content (AvgIpc) is 3.11. The summed E-state index contributed by atoms with van der Waals surface area (Å²) in [7, 11) is 0. The number of hydrogen-bond acceptors (Lipinski definition) is 6. The summed E-state index contributed by atoms with van der Waals surface area (Å²) < 4.78 is 16.8. The number of para-hydroxylation sites is 2. The molecule has 0 saturated heterocycles. The van der Waals surface area contributed by atoms with Crippen molar-refractivity contribution in [3.05, 3.63) is 65.0 Å². The monoisotopic (exact) mass is 365 g/mol. The molecule has 2 aromatic carbocycles. The predicted octanol–water partition coefficient (Wildman–Crippen LogP) is 3.06. The van der Waals surface area contributed by atoms with E-state index in [0.29, 0.717) is 23.8 Å². The molecule has 4 rings (SSSR count). The Morgan fingerprint density at radius 3 is 2.74 bits per heavy atom. The minimum atomic E-state index is -0.782. The fraction of sp³-hybridized carbons (Fsp3) is 0.250. The molecule has 1 aliphatic heterocycles. The zero-order valence-corrected chi connectivity index (χ0v) is 15.1. The van der Waals surface area contributed by atoms with Gasteiger partial charge in [-0.2, -0.15) is 0 Å². The van der Waals surface area contributed by atoms with Crippen LogP contribution < -0.4 is 14.8 Å². The summed E-state index contributed by atoms with van der Waals surface area (Å²) in [5, 5.41) is 10.5. The van der Waals surface area contributed by atoms with Gasteiger partial charge in [0.25, 0.3) is 5.91 Å². The number of aromatic nitrogens is 2. The van der Waals surface area contributed by atoms with Gasteiger partial charge in [0.15, 0.2) is 11.5 Å². The van der Waals surface area contributed by atoms with Gasteiger partial charge in [0.05, 0.1) is 6.42 Å². The lowest BCUT2D eigenvalue weighted by Gasteiger charge is -2.24. The number of amides is 1. The van der Waals surface area contributed by atoms with Gasteiger partial charge >= 0.3 is 6.01 Å². The molecule has 1 unspecified atom stereocenters. The van der Waals surface area contributed by atoms with Crippen LogP contribution in [-0.4, -0.2) is 28.8 Å². The summed E-state index contributed by atoms with van der Waals surface area (Å²) >= 11 is 0. The summed E-state index contributed by atoms with van der Waals surface area (Å²) in [5.41, 5.74) is 3.50. The van der Waals surface area contributed by atoms with Crippen LogP contribution in [0, 0.1) is 13.8 Å². The summed E-state index contributed by atoms with van der Waals surface area (Å²) in [6, 6.07) is 13.4. The molecule has 1 N–H and O–H groups in total. The number of nitrogens with one attached hydrogen (secondary N) is 1. The number of nitrogens with zero attached hydrogens (tertiary/aromatic N) is 2. The number of anilines is 1. The lowest BCUT2D eigenvalue weighted by Crippen LogP contribution is -2.40. The van der Waals surface area contributed by atoms with Crippen LogP contribution in [-0.2, 0) is 11.2 Å². The summed E-state index contributed by atoms with van der Waals surface area (Å²) in [6.45, 7) is 4.24. The quantitative estimate of drug-likeness (QED) is 0.765. The van der Waals surface area contributed by atoms with Crippen LogP contribution in [0.2, 0.25) is 0 Å². The van der Waals surface area contributed by atoms with E-state index in [9.17, 15) is 4.79 Å². The Labute approximate surface area is 156 Å². The number of fused-ring (bicyclic) bond motifs is 1. The van der Waals surface area contributed by atoms with Crippen molar-refractivity contribution in [1.29, 1.82) is 0 Å². The maximum absolute atomic E-state index is 12.4. The van der Waals surface area contributed by atoms with Gasteiger partial charge in [0, 0.05) is 0 Å². The van der Waals surface area contributed by atoms with Crippen LogP contribution in [0.25, 0.3) is 0 Å². The lowest BCUT2D eigenvalue weighted by atomic mass is 10.0. The van der Waals surface area contributed by atoms with Crippen molar-refractivity contribution in [2.24, 2.45) is 0 Å². The van der Waals surface area contributed by atoms with Crippen LogP contribution >= 0.6 is 0 Å². The topological polar surface area (TPSA) is 86.5 Å². The first kappa shape index (κ1) is 17.1. The van der Waals surface area contributed by atoms with Crippen molar-refractivity contribution in [2.45, 2.75) is 26.4 Å². The first-order chi connectivity index (χ1) is 13.1. The fourth-order valence-electron chi connectivity index (χ4n) is 2.80. The molecule has 27 heavy (non-hydrogen) atoms. The van der Waals surface area contributed by atoms with Crippen molar-refractivity contribution < 1.29 is 18.7 Å². The van der Waals surface area contributed by atoms with E-state index in [2.05, 4.69) is 41.5 Å². The molecule has 1 atom stereocenters. The van der Waals surface area contributed by atoms with E-state index in [1.54, 1.807) is 12.1 Å². The second-order valence-corrected chi connectivity index (χ2v) is 6.45. The molecule has 138 valence electrons. The number of benzene rings is 2. The molecular formula is C20H19N3O4. The second-order valence-electron chi connectivity index (χ2n) is 6.45. The highest BCUT2D eigenvalue weighted by Gasteiger charge is 2.28. The minimum absolute atomic E-state index is 0.0429. The zero-order valence-electron chi connectivity index (χ0n) is 15.1. The number of aryl methyl sites for hydroxylation is 2. The number of hydrogen-bond donors (Lipinski definition) is 1. The third-order valence-electron chi connectivity index (χ3n) is 4.42. The molecule has 2 heterocycles. The van der Waals surface area contributed by atoms with Gasteiger partial charge in [-0.15, -0.1) is 5.10 Å². The lowest BCUT2D eigenvalue weighted by molar-refractivity contribution is -0.125. The van der Waals surface area contributed by atoms with E-state index in [1.807, 2.05) is 18.2 Å². The molecule has 7 nitrogen and oxygen atoms in total. The second kappa shape index (κ2) is 7.11. The molecule has 0 bridgehead atoms. The molecule has 0 aliphatic carbocycles. The molecule has 0 saturated carbocycles. The van der Waals surface area contributed by atoms with Gasteiger partial charge in [-0.05, 0) is 42.7 Å². The summed E-state index contributed by atoms with van der Waals surface area (Å²) in [6.07, 6.45) is -0.282. The predicted molar refractivity (Wildman–Crippen MR) is 98.0 cm³/mol. The van der Waals surface area contributed by atoms with E-state index in [-0.39, 0.29) is 12.6 Å². The number of carbonyl (C=O) groups excluding carboxylic acids is 1. The van der Waals surface area contributed by atoms with Gasteiger partial charge in [-0.3, -0.25) is 10.1 Å². The molecular weight excluding hydrogens is 346 g/mol. The normalized spacial score (nSPS) is 15.4. The van der Waals surface area contributed by atoms with E-state index in [0.717, 1.165) is 5.56 Å². The van der Waals surface area contributed by atoms with Crippen molar-refractivity contribution in [2.75, 3.05) is 11.9 Å². The van der Waals surface area contributed by atoms with Crippen LogP contribution in [0.15, 0.2) is 46.9 Å². The minimum Gasteiger partial charge on any atom is -0.485 e. The van der Waals surface area contributed by atoms with Crippen molar-refractivity contribution in [1.82, 2.24) is 10.2 Å². The smallest absolute Gasteiger partial charge is 0.322 e. The third kappa shape index (κ3) is 3.76. The van der Waals surface area contributed by atoms with Crippen LogP contribution in [0.4, 0.5) is 6.01 Å². The van der Waals surface area contributed by atoms with Crippen LogP contribution in [0.1, 0.15) is 22.6 Å². The zero-order chi connectivity index (χ0) is 18.8. The molecule has 1 aliphatic rings. The van der Waals surface area contributed by atoms with E-state index < -0.39 is 12.0 Å². The summed E-state index contributed by atoms with van der Waals surface area (Å²) in [5.74, 6) is 1.19. The van der Waals surface area contributed by atoms with E-state index >= 15 is 0 Å². The Morgan fingerprint density at radius 2 is 1.93 bits per heavy atom. The Hall–Kier alpha value is -3.35. The highest BCUT2D eigenvalue weighted by atomic mass is 16.6. The molecule has 3 aromatic rings. The maximum Gasteiger partial charge on any atom is 0.322 e. The fourth-order valence-corrected chi connectivity index (χ4v) is 2.80. The highest BCUT2D eigenvalue weighted by molar-refractivity contribution is 5.92. The Kier molecular flexibility index (Phi) is 4.50. The van der Waals surface area contributed by atoms with Crippen molar-refractivity contribution in [3.63, 3.8) is 0 Å². The van der Waals surface area contributed by atoms with Crippen LogP contribution in [0.3, 0.4) is 0 Å². The average molecular weight is 365 g/mol. The molecule has 0 fully saturated rings. The van der Waals surface area contributed by atoms with Gasteiger partial charge in [-0.25, -0.2) is 0 Å². The standard InChI is InChI=1S/C20H19N3O4/c1-12-7-8-14(9-13(12)2)10-18-22-23-20(27-18)21-19(24)17-11-25-15-5-3-4-6-16(15)26-17/h3-9,17H,10-11H2,1-2H3,(H,21,23,24). The third-order valence-corrected chi connectivity index (χ3v) is 4.42. The molecule has 0 radical (unpaired) electrons. The number of rotatable bonds is 4. The van der Waals surface area contributed by atoms with Gasteiger partial charge in [0.1, 0.15) is 6.61 Å². The Morgan fingerprint density at radius 1 is 1.11 bits per heavy atom. The number of carbonyl (C=O) groups is 1. The van der Waals surface area contributed by atoms with E-state index in [4.69, 9.17) is 13.9 Å². The van der Waals surface area contributed by atoms with Crippen LogP contribution in [0.5, 0.6) is 11.5 Å². The molecule has 7 heteroatoms. The summed E-state index contributed by atoms with van der Waals surface area (Å²) in [4.78, 5) is 12.4.